The van der Waals surface area contributed by atoms with Crippen LogP contribution in [0, 0.1) is 0 Å². The first kappa shape index (κ1) is 15.2. The van der Waals surface area contributed by atoms with Gasteiger partial charge in [0.05, 0.1) is 31.6 Å². The predicted octanol–water partition coefficient (Wildman–Crippen LogP) is 4.48. The molecule has 0 bridgehead atoms. The molecular formula is C19H17ClN2O2. The van der Waals surface area contributed by atoms with E-state index in [-0.39, 0.29) is 6.10 Å². The van der Waals surface area contributed by atoms with Gasteiger partial charge in [0.2, 0.25) is 0 Å². The van der Waals surface area contributed by atoms with E-state index in [4.69, 9.17) is 26.2 Å². The first-order valence-electron chi connectivity index (χ1n) is 7.81. The van der Waals surface area contributed by atoms with Gasteiger partial charge in [-0.05, 0) is 48.0 Å². The van der Waals surface area contributed by atoms with Crippen LogP contribution in [-0.2, 0) is 17.9 Å². The number of aromatic nitrogens is 2. The normalized spacial score (nSPS) is 16.7. The highest BCUT2D eigenvalue weighted by Gasteiger charge is 2.22. The van der Waals surface area contributed by atoms with Gasteiger partial charge in [0, 0.05) is 10.6 Å². The number of halogens is 1. The maximum atomic E-state index is 5.99. The van der Waals surface area contributed by atoms with E-state index in [1.807, 2.05) is 53.2 Å². The smallest absolute Gasteiger partial charge is 0.118 e. The zero-order valence-corrected chi connectivity index (χ0v) is 14.0. The zero-order chi connectivity index (χ0) is 16.5. The number of methoxy groups -OCH3 is 1. The molecule has 0 radical (unpaired) electrons. The second-order valence-corrected chi connectivity index (χ2v) is 6.22. The Morgan fingerprint density at radius 2 is 1.88 bits per heavy atom. The fourth-order valence-corrected chi connectivity index (χ4v) is 3.03. The third-order valence-electron chi connectivity index (χ3n) is 4.26. The summed E-state index contributed by atoms with van der Waals surface area (Å²) in [5.41, 5.74) is 4.23. The summed E-state index contributed by atoms with van der Waals surface area (Å²) < 4.78 is 13.2. The molecular weight excluding hydrogens is 324 g/mol. The Bertz CT molecular complexity index is 841. The van der Waals surface area contributed by atoms with Crippen molar-refractivity contribution in [2.75, 3.05) is 7.11 Å². The SMILES string of the molecule is COc1ccc(-c2cc3n(n2)C[C@H](c2ccc(Cl)cc2)OC3)cc1. The van der Waals surface area contributed by atoms with Crippen LogP contribution in [0.5, 0.6) is 5.75 Å². The van der Waals surface area contributed by atoms with Crippen LogP contribution in [0.4, 0.5) is 0 Å². The van der Waals surface area contributed by atoms with Crippen molar-refractivity contribution < 1.29 is 9.47 Å². The molecule has 1 aromatic heterocycles. The molecule has 24 heavy (non-hydrogen) atoms. The third-order valence-corrected chi connectivity index (χ3v) is 4.51. The van der Waals surface area contributed by atoms with Crippen LogP contribution in [0.2, 0.25) is 5.02 Å². The summed E-state index contributed by atoms with van der Waals surface area (Å²) in [6.07, 6.45) is -0.00150. The Balaban J connectivity index is 1.58. The van der Waals surface area contributed by atoms with Gasteiger partial charge in [0.25, 0.3) is 0 Å². The van der Waals surface area contributed by atoms with Crippen molar-refractivity contribution in [3.63, 3.8) is 0 Å². The van der Waals surface area contributed by atoms with Gasteiger partial charge in [-0.1, -0.05) is 23.7 Å². The molecule has 0 aliphatic carbocycles. The quantitative estimate of drug-likeness (QED) is 0.705. The minimum atomic E-state index is -0.00150. The van der Waals surface area contributed by atoms with E-state index >= 15 is 0 Å². The number of rotatable bonds is 3. The first-order valence-corrected chi connectivity index (χ1v) is 8.19. The minimum absolute atomic E-state index is 0.00150. The highest BCUT2D eigenvalue weighted by atomic mass is 35.5. The molecule has 122 valence electrons. The van der Waals surface area contributed by atoms with Crippen molar-refractivity contribution in [2.24, 2.45) is 0 Å². The molecule has 0 saturated carbocycles. The molecule has 2 aromatic carbocycles. The first-order chi connectivity index (χ1) is 11.7. The van der Waals surface area contributed by atoms with Crippen molar-refractivity contribution in [1.29, 1.82) is 0 Å². The molecule has 0 amide bonds. The Kier molecular flexibility index (Phi) is 4.00. The highest BCUT2D eigenvalue weighted by molar-refractivity contribution is 6.30. The molecule has 4 nitrogen and oxygen atoms in total. The Morgan fingerprint density at radius 1 is 1.12 bits per heavy atom. The minimum Gasteiger partial charge on any atom is -0.497 e. The summed E-state index contributed by atoms with van der Waals surface area (Å²) in [5.74, 6) is 0.842. The van der Waals surface area contributed by atoms with Crippen LogP contribution in [0.15, 0.2) is 54.6 Å². The molecule has 5 heteroatoms. The molecule has 3 aromatic rings. The van der Waals surface area contributed by atoms with Gasteiger partial charge >= 0.3 is 0 Å². The number of fused-ring (bicyclic) bond motifs is 1. The summed E-state index contributed by atoms with van der Waals surface area (Å²) in [4.78, 5) is 0. The zero-order valence-electron chi connectivity index (χ0n) is 13.3. The van der Waals surface area contributed by atoms with Gasteiger partial charge in [-0.2, -0.15) is 5.10 Å². The molecule has 1 aliphatic rings. The van der Waals surface area contributed by atoms with E-state index in [0.29, 0.717) is 13.2 Å². The lowest BCUT2D eigenvalue weighted by atomic mass is 10.1. The molecule has 0 fully saturated rings. The summed E-state index contributed by atoms with van der Waals surface area (Å²) in [5, 5.41) is 5.47. The number of hydrogen-bond donors (Lipinski definition) is 0. The summed E-state index contributed by atoms with van der Waals surface area (Å²) in [6, 6.07) is 17.8. The van der Waals surface area contributed by atoms with Crippen LogP contribution >= 0.6 is 11.6 Å². The van der Waals surface area contributed by atoms with E-state index in [2.05, 4.69) is 6.07 Å². The molecule has 0 spiro atoms. The maximum Gasteiger partial charge on any atom is 0.118 e. The van der Waals surface area contributed by atoms with Crippen molar-refractivity contribution in [2.45, 2.75) is 19.3 Å². The molecule has 0 saturated heterocycles. The Labute approximate surface area is 145 Å². The lowest BCUT2D eigenvalue weighted by Gasteiger charge is -2.24. The average molecular weight is 341 g/mol. The molecule has 1 aliphatic heterocycles. The largest absolute Gasteiger partial charge is 0.497 e. The standard InChI is InChI=1S/C19H17ClN2O2/c1-23-17-8-4-13(5-9-17)18-10-16-12-24-19(11-22(16)21-18)14-2-6-15(20)7-3-14/h2-10,19H,11-12H2,1H3/t19-/m1/s1. The van der Waals surface area contributed by atoms with Gasteiger partial charge < -0.3 is 9.47 Å². The van der Waals surface area contributed by atoms with Gasteiger partial charge in [-0.3, -0.25) is 4.68 Å². The van der Waals surface area contributed by atoms with Gasteiger partial charge in [-0.25, -0.2) is 0 Å². The van der Waals surface area contributed by atoms with Gasteiger partial charge in [0.15, 0.2) is 0 Å². The lowest BCUT2D eigenvalue weighted by molar-refractivity contribution is -0.00112. The second-order valence-electron chi connectivity index (χ2n) is 5.78. The van der Waals surface area contributed by atoms with E-state index < -0.39 is 0 Å². The molecule has 4 rings (SSSR count). The molecule has 0 N–H and O–H groups in total. The van der Waals surface area contributed by atoms with Crippen molar-refractivity contribution in [3.05, 3.63) is 70.9 Å². The Hall–Kier alpha value is -2.30. The van der Waals surface area contributed by atoms with Gasteiger partial charge in [0.1, 0.15) is 11.9 Å². The predicted molar refractivity (Wildman–Crippen MR) is 93.2 cm³/mol. The van der Waals surface area contributed by atoms with Gasteiger partial charge in [-0.15, -0.1) is 0 Å². The van der Waals surface area contributed by atoms with E-state index in [1.54, 1.807) is 7.11 Å². The van der Waals surface area contributed by atoms with E-state index in [1.165, 1.54) is 0 Å². The maximum absolute atomic E-state index is 5.99. The van der Waals surface area contributed by atoms with Crippen LogP contribution in [0.1, 0.15) is 17.4 Å². The number of hydrogen-bond acceptors (Lipinski definition) is 3. The number of ether oxygens (including phenoxy) is 2. The topological polar surface area (TPSA) is 36.3 Å². The fourth-order valence-electron chi connectivity index (χ4n) is 2.91. The fraction of sp³-hybridized carbons (Fsp3) is 0.211. The Morgan fingerprint density at radius 3 is 2.58 bits per heavy atom. The average Bonchev–Trinajstić information content (AvgIpc) is 3.05. The van der Waals surface area contributed by atoms with Crippen molar-refractivity contribution in [1.82, 2.24) is 9.78 Å². The number of nitrogens with zero attached hydrogens (tertiary/aromatic N) is 2. The van der Waals surface area contributed by atoms with Crippen molar-refractivity contribution >= 4 is 11.6 Å². The molecule has 2 heterocycles. The molecule has 1 atom stereocenters. The lowest BCUT2D eigenvalue weighted by Crippen LogP contribution is -2.21. The second kappa shape index (κ2) is 6.30. The van der Waals surface area contributed by atoms with Crippen LogP contribution in [0.3, 0.4) is 0 Å². The summed E-state index contributed by atoms with van der Waals surface area (Å²) >= 11 is 5.96. The third kappa shape index (κ3) is 2.90. The van der Waals surface area contributed by atoms with Crippen LogP contribution in [0.25, 0.3) is 11.3 Å². The van der Waals surface area contributed by atoms with Crippen LogP contribution < -0.4 is 4.74 Å². The number of benzene rings is 2. The monoisotopic (exact) mass is 340 g/mol. The van der Waals surface area contributed by atoms with Crippen LogP contribution in [-0.4, -0.2) is 16.9 Å². The van der Waals surface area contributed by atoms with Crippen molar-refractivity contribution in [3.8, 4) is 17.0 Å². The highest BCUT2D eigenvalue weighted by Crippen LogP contribution is 2.30. The summed E-state index contributed by atoms with van der Waals surface area (Å²) in [6.45, 7) is 1.25. The molecule has 0 unspecified atom stereocenters. The van der Waals surface area contributed by atoms with E-state index in [0.717, 1.165) is 33.3 Å². The summed E-state index contributed by atoms with van der Waals surface area (Å²) in [7, 11) is 1.67. The van der Waals surface area contributed by atoms with E-state index in [9.17, 15) is 0 Å².